The Balaban J connectivity index is 1.74. The number of amides is 2. The predicted molar refractivity (Wildman–Crippen MR) is 123 cm³/mol. The molecule has 2 aromatic carbocycles. The standard InChI is InChI=1S/C25H30ClFN2O3/c1-3-17(2)22(29-23(30)18-7-9-20(26)10-8-18)24(31)28-16-25(11-13-32-14-12-25)19-5-4-6-21(27)15-19/h4-10,15,17,22H,3,11-14,16H2,1-2H3,(H,28,31)(H,29,30). The van der Waals surface area contributed by atoms with E-state index < -0.39 is 11.5 Å². The molecular formula is C25H30ClFN2O3. The lowest BCUT2D eigenvalue weighted by atomic mass is 9.74. The highest BCUT2D eigenvalue weighted by Gasteiger charge is 2.36. The Morgan fingerprint density at radius 1 is 1.16 bits per heavy atom. The molecule has 1 heterocycles. The molecule has 0 radical (unpaired) electrons. The van der Waals surface area contributed by atoms with Gasteiger partial charge in [-0.15, -0.1) is 0 Å². The smallest absolute Gasteiger partial charge is 0.251 e. The summed E-state index contributed by atoms with van der Waals surface area (Å²) in [6.45, 7) is 5.36. The summed E-state index contributed by atoms with van der Waals surface area (Å²) >= 11 is 5.91. The van der Waals surface area contributed by atoms with Gasteiger partial charge in [0.25, 0.3) is 5.91 Å². The van der Waals surface area contributed by atoms with Gasteiger partial charge in [0.05, 0.1) is 0 Å². The van der Waals surface area contributed by atoms with Crippen molar-refractivity contribution in [2.24, 2.45) is 5.92 Å². The molecule has 0 aliphatic carbocycles. The molecule has 0 saturated carbocycles. The summed E-state index contributed by atoms with van der Waals surface area (Å²) in [6, 6.07) is 12.4. The van der Waals surface area contributed by atoms with Gasteiger partial charge in [0, 0.05) is 35.8 Å². The summed E-state index contributed by atoms with van der Waals surface area (Å²) in [7, 11) is 0. The number of hydrogen-bond donors (Lipinski definition) is 2. The molecule has 32 heavy (non-hydrogen) atoms. The van der Waals surface area contributed by atoms with Crippen LogP contribution in [-0.4, -0.2) is 37.6 Å². The van der Waals surface area contributed by atoms with Crippen molar-refractivity contribution in [2.45, 2.75) is 44.6 Å². The van der Waals surface area contributed by atoms with Gasteiger partial charge < -0.3 is 15.4 Å². The molecule has 0 aromatic heterocycles. The van der Waals surface area contributed by atoms with Gasteiger partial charge in [0.15, 0.2) is 0 Å². The Morgan fingerprint density at radius 2 is 1.84 bits per heavy atom. The van der Waals surface area contributed by atoms with Crippen LogP contribution in [0.5, 0.6) is 0 Å². The van der Waals surface area contributed by atoms with Crippen molar-refractivity contribution < 1.29 is 18.7 Å². The summed E-state index contributed by atoms with van der Waals surface area (Å²) in [5.74, 6) is -0.935. The highest BCUT2D eigenvalue weighted by molar-refractivity contribution is 6.30. The second-order valence-corrected chi connectivity index (χ2v) is 8.90. The van der Waals surface area contributed by atoms with Crippen molar-refractivity contribution in [2.75, 3.05) is 19.8 Å². The van der Waals surface area contributed by atoms with E-state index in [4.69, 9.17) is 16.3 Å². The minimum absolute atomic E-state index is 0.0638. The number of ether oxygens (including phenoxy) is 1. The van der Waals surface area contributed by atoms with Gasteiger partial charge in [-0.25, -0.2) is 4.39 Å². The normalized spacial score (nSPS) is 17.2. The van der Waals surface area contributed by atoms with E-state index in [-0.39, 0.29) is 23.5 Å². The minimum Gasteiger partial charge on any atom is -0.381 e. The zero-order valence-electron chi connectivity index (χ0n) is 18.5. The molecule has 2 aromatic rings. The first-order chi connectivity index (χ1) is 15.3. The number of carbonyl (C=O) groups excluding carboxylic acids is 2. The van der Waals surface area contributed by atoms with Gasteiger partial charge in [-0.1, -0.05) is 44.0 Å². The van der Waals surface area contributed by atoms with Crippen LogP contribution in [0.15, 0.2) is 48.5 Å². The lowest BCUT2D eigenvalue weighted by Crippen LogP contribution is -2.53. The number of nitrogens with one attached hydrogen (secondary N) is 2. The fraction of sp³-hybridized carbons (Fsp3) is 0.440. The van der Waals surface area contributed by atoms with Crippen molar-refractivity contribution in [3.8, 4) is 0 Å². The lowest BCUT2D eigenvalue weighted by molar-refractivity contribution is -0.124. The lowest BCUT2D eigenvalue weighted by Gasteiger charge is -2.38. The van der Waals surface area contributed by atoms with E-state index in [0.29, 0.717) is 43.2 Å². The van der Waals surface area contributed by atoms with E-state index in [2.05, 4.69) is 10.6 Å². The van der Waals surface area contributed by atoms with Crippen LogP contribution in [0, 0.1) is 11.7 Å². The van der Waals surface area contributed by atoms with Crippen molar-refractivity contribution in [3.63, 3.8) is 0 Å². The maximum atomic E-state index is 13.9. The Morgan fingerprint density at radius 3 is 2.47 bits per heavy atom. The number of benzene rings is 2. The van der Waals surface area contributed by atoms with Crippen LogP contribution in [0.4, 0.5) is 4.39 Å². The van der Waals surface area contributed by atoms with Crippen LogP contribution in [0.3, 0.4) is 0 Å². The summed E-state index contributed by atoms with van der Waals surface area (Å²) in [4.78, 5) is 25.9. The van der Waals surface area contributed by atoms with Gasteiger partial charge in [-0.3, -0.25) is 9.59 Å². The van der Waals surface area contributed by atoms with Crippen molar-refractivity contribution >= 4 is 23.4 Å². The second kappa shape index (κ2) is 10.9. The second-order valence-electron chi connectivity index (χ2n) is 8.46. The third kappa shape index (κ3) is 5.87. The van der Waals surface area contributed by atoms with Gasteiger partial charge in [0.2, 0.25) is 5.91 Å². The highest BCUT2D eigenvalue weighted by atomic mass is 35.5. The van der Waals surface area contributed by atoms with Crippen LogP contribution in [0.25, 0.3) is 0 Å². The largest absolute Gasteiger partial charge is 0.381 e. The van der Waals surface area contributed by atoms with E-state index in [1.165, 1.54) is 12.1 Å². The van der Waals surface area contributed by atoms with Crippen molar-refractivity contribution in [1.29, 1.82) is 0 Å². The topological polar surface area (TPSA) is 67.4 Å². The van der Waals surface area contributed by atoms with Gasteiger partial charge in [-0.05, 0) is 60.7 Å². The Labute approximate surface area is 193 Å². The van der Waals surface area contributed by atoms with Crippen LogP contribution in [0.1, 0.15) is 49.0 Å². The molecule has 0 spiro atoms. The molecule has 1 fully saturated rings. The average molecular weight is 461 g/mol. The number of halogens is 2. The fourth-order valence-electron chi connectivity index (χ4n) is 4.04. The molecule has 0 bridgehead atoms. The molecule has 2 N–H and O–H groups in total. The summed E-state index contributed by atoms with van der Waals surface area (Å²) < 4.78 is 19.4. The SMILES string of the molecule is CCC(C)C(NC(=O)c1ccc(Cl)cc1)C(=O)NCC1(c2cccc(F)c2)CCOCC1. The molecule has 5 nitrogen and oxygen atoms in total. The van der Waals surface area contributed by atoms with E-state index in [1.807, 2.05) is 19.9 Å². The predicted octanol–water partition coefficient (Wildman–Crippen LogP) is 4.49. The maximum absolute atomic E-state index is 13.9. The maximum Gasteiger partial charge on any atom is 0.251 e. The van der Waals surface area contributed by atoms with Gasteiger partial charge in [-0.2, -0.15) is 0 Å². The molecule has 2 amide bonds. The van der Waals surface area contributed by atoms with Crippen LogP contribution in [-0.2, 0) is 14.9 Å². The number of hydrogen-bond acceptors (Lipinski definition) is 3. The number of rotatable bonds is 8. The number of carbonyl (C=O) groups is 2. The Bertz CT molecular complexity index is 929. The molecule has 2 unspecified atom stereocenters. The van der Waals surface area contributed by atoms with E-state index >= 15 is 0 Å². The van der Waals surface area contributed by atoms with Gasteiger partial charge in [0.1, 0.15) is 11.9 Å². The molecule has 1 aliphatic heterocycles. The monoisotopic (exact) mass is 460 g/mol. The van der Waals surface area contributed by atoms with Crippen LogP contribution < -0.4 is 10.6 Å². The first kappa shape index (κ1) is 24.2. The zero-order chi connectivity index (χ0) is 23.1. The van der Waals surface area contributed by atoms with E-state index in [9.17, 15) is 14.0 Å². The third-order valence-electron chi connectivity index (χ3n) is 6.38. The van der Waals surface area contributed by atoms with Crippen LogP contribution in [0.2, 0.25) is 5.02 Å². The molecule has 2 atom stereocenters. The van der Waals surface area contributed by atoms with E-state index in [0.717, 1.165) is 12.0 Å². The first-order valence-corrected chi connectivity index (χ1v) is 11.4. The minimum atomic E-state index is -0.687. The molecular weight excluding hydrogens is 431 g/mol. The third-order valence-corrected chi connectivity index (χ3v) is 6.63. The average Bonchev–Trinajstić information content (AvgIpc) is 2.81. The van der Waals surface area contributed by atoms with Gasteiger partial charge >= 0.3 is 0 Å². The molecule has 1 aliphatic rings. The molecule has 7 heteroatoms. The quantitative estimate of drug-likeness (QED) is 0.610. The van der Waals surface area contributed by atoms with Crippen molar-refractivity contribution in [1.82, 2.24) is 10.6 Å². The van der Waals surface area contributed by atoms with Crippen molar-refractivity contribution in [3.05, 3.63) is 70.5 Å². The summed E-state index contributed by atoms with van der Waals surface area (Å²) in [6.07, 6.45) is 2.09. The van der Waals surface area contributed by atoms with Crippen LogP contribution >= 0.6 is 11.6 Å². The first-order valence-electron chi connectivity index (χ1n) is 11.0. The molecule has 3 rings (SSSR count). The molecule has 172 valence electrons. The Hall–Kier alpha value is -2.44. The highest BCUT2D eigenvalue weighted by Crippen LogP contribution is 2.34. The fourth-order valence-corrected chi connectivity index (χ4v) is 4.17. The zero-order valence-corrected chi connectivity index (χ0v) is 19.3. The van der Waals surface area contributed by atoms with E-state index in [1.54, 1.807) is 30.3 Å². The summed E-state index contributed by atoms with van der Waals surface area (Å²) in [5, 5.41) is 6.45. The summed E-state index contributed by atoms with van der Waals surface area (Å²) in [5.41, 5.74) is 0.887. The Kier molecular flexibility index (Phi) is 8.26. The molecule has 1 saturated heterocycles.